The van der Waals surface area contributed by atoms with Gasteiger partial charge in [0.1, 0.15) is 11.6 Å². The van der Waals surface area contributed by atoms with E-state index < -0.39 is 11.6 Å². The van der Waals surface area contributed by atoms with Crippen molar-refractivity contribution in [3.05, 3.63) is 35.4 Å². The quantitative estimate of drug-likeness (QED) is 0.809. The smallest absolute Gasteiger partial charge is 0.130 e. The van der Waals surface area contributed by atoms with Crippen LogP contribution in [0.15, 0.2) is 18.2 Å². The van der Waals surface area contributed by atoms with Gasteiger partial charge in [0, 0.05) is 17.7 Å². The van der Waals surface area contributed by atoms with Crippen LogP contribution in [0.4, 0.5) is 8.78 Å². The third-order valence-corrected chi connectivity index (χ3v) is 2.39. The summed E-state index contributed by atoms with van der Waals surface area (Å²) >= 11 is 0. The van der Waals surface area contributed by atoms with Crippen LogP contribution in [0.25, 0.3) is 0 Å². The van der Waals surface area contributed by atoms with Crippen molar-refractivity contribution in [1.82, 2.24) is 5.32 Å². The lowest BCUT2D eigenvalue weighted by molar-refractivity contribution is 0.404. The standard InChI is InChI=1S/C12H17F2N/c1-4-15-12(8(2)3)10-6-5-9(13)7-11(10)14/h5-8,12,15H,4H2,1-3H3. The van der Waals surface area contributed by atoms with E-state index in [4.69, 9.17) is 0 Å². The normalized spacial score (nSPS) is 13.2. The van der Waals surface area contributed by atoms with Gasteiger partial charge in [0.2, 0.25) is 0 Å². The third-order valence-electron chi connectivity index (χ3n) is 2.39. The van der Waals surface area contributed by atoms with Crippen molar-refractivity contribution in [2.75, 3.05) is 6.54 Å². The molecule has 1 aromatic carbocycles. The van der Waals surface area contributed by atoms with Gasteiger partial charge in [-0.1, -0.05) is 26.8 Å². The highest BCUT2D eigenvalue weighted by atomic mass is 19.1. The highest BCUT2D eigenvalue weighted by Crippen LogP contribution is 2.24. The summed E-state index contributed by atoms with van der Waals surface area (Å²) in [5.74, 6) is -0.741. The summed E-state index contributed by atoms with van der Waals surface area (Å²) in [4.78, 5) is 0. The fourth-order valence-corrected chi connectivity index (χ4v) is 1.68. The zero-order valence-electron chi connectivity index (χ0n) is 9.35. The lowest BCUT2D eigenvalue weighted by Gasteiger charge is -2.22. The highest BCUT2D eigenvalue weighted by Gasteiger charge is 2.18. The predicted octanol–water partition coefficient (Wildman–Crippen LogP) is 3.27. The van der Waals surface area contributed by atoms with Gasteiger partial charge in [0.15, 0.2) is 0 Å². The number of hydrogen-bond acceptors (Lipinski definition) is 1. The minimum atomic E-state index is -0.532. The largest absolute Gasteiger partial charge is 0.310 e. The molecule has 84 valence electrons. The van der Waals surface area contributed by atoms with Crippen LogP contribution in [-0.2, 0) is 0 Å². The van der Waals surface area contributed by atoms with Gasteiger partial charge in [-0.3, -0.25) is 0 Å². The average molecular weight is 213 g/mol. The van der Waals surface area contributed by atoms with Gasteiger partial charge in [-0.15, -0.1) is 0 Å². The molecule has 0 spiro atoms. The molecule has 0 saturated carbocycles. The average Bonchev–Trinajstić information content (AvgIpc) is 2.15. The van der Waals surface area contributed by atoms with Crippen LogP contribution in [0.5, 0.6) is 0 Å². The van der Waals surface area contributed by atoms with E-state index in [2.05, 4.69) is 5.32 Å². The van der Waals surface area contributed by atoms with Gasteiger partial charge in [0.25, 0.3) is 0 Å². The molecule has 0 fully saturated rings. The maximum atomic E-state index is 13.5. The minimum absolute atomic E-state index is 0.0596. The Morgan fingerprint density at radius 1 is 1.27 bits per heavy atom. The molecule has 0 aliphatic carbocycles. The Bertz CT molecular complexity index is 323. The van der Waals surface area contributed by atoms with Crippen molar-refractivity contribution in [3.63, 3.8) is 0 Å². The topological polar surface area (TPSA) is 12.0 Å². The van der Waals surface area contributed by atoms with E-state index in [1.54, 1.807) is 0 Å². The molecular formula is C12H17F2N. The zero-order valence-corrected chi connectivity index (χ0v) is 9.35. The van der Waals surface area contributed by atoms with Gasteiger partial charge in [0.05, 0.1) is 0 Å². The Hall–Kier alpha value is -0.960. The van der Waals surface area contributed by atoms with Crippen LogP contribution in [0.1, 0.15) is 32.4 Å². The fraction of sp³-hybridized carbons (Fsp3) is 0.500. The van der Waals surface area contributed by atoms with Crippen molar-refractivity contribution in [3.8, 4) is 0 Å². The fourth-order valence-electron chi connectivity index (χ4n) is 1.68. The first-order valence-electron chi connectivity index (χ1n) is 5.24. The SMILES string of the molecule is CCNC(c1ccc(F)cc1F)C(C)C. The van der Waals surface area contributed by atoms with Gasteiger partial charge in [-0.2, -0.15) is 0 Å². The van der Waals surface area contributed by atoms with Gasteiger partial charge >= 0.3 is 0 Å². The Morgan fingerprint density at radius 2 is 1.93 bits per heavy atom. The molecule has 1 aromatic rings. The Kier molecular flexibility index (Phi) is 4.21. The molecule has 15 heavy (non-hydrogen) atoms. The molecule has 0 heterocycles. The van der Waals surface area contributed by atoms with E-state index in [-0.39, 0.29) is 12.0 Å². The number of nitrogens with one attached hydrogen (secondary N) is 1. The second kappa shape index (κ2) is 5.21. The third kappa shape index (κ3) is 2.99. The molecule has 0 aliphatic rings. The molecule has 0 aliphatic heterocycles. The zero-order chi connectivity index (χ0) is 11.4. The second-order valence-electron chi connectivity index (χ2n) is 3.95. The van der Waals surface area contributed by atoms with E-state index in [1.807, 2.05) is 20.8 Å². The van der Waals surface area contributed by atoms with Crippen molar-refractivity contribution >= 4 is 0 Å². The first-order valence-corrected chi connectivity index (χ1v) is 5.24. The lowest BCUT2D eigenvalue weighted by atomic mass is 9.95. The summed E-state index contributed by atoms with van der Waals surface area (Å²) in [5, 5.41) is 3.20. The molecule has 1 N–H and O–H groups in total. The van der Waals surface area contributed by atoms with Crippen LogP contribution >= 0.6 is 0 Å². The maximum Gasteiger partial charge on any atom is 0.130 e. The number of hydrogen-bond donors (Lipinski definition) is 1. The molecular weight excluding hydrogens is 196 g/mol. The van der Waals surface area contributed by atoms with Crippen molar-refractivity contribution in [1.29, 1.82) is 0 Å². The number of halogens is 2. The summed E-state index contributed by atoms with van der Waals surface area (Å²) in [5.41, 5.74) is 0.535. The van der Waals surface area contributed by atoms with E-state index in [0.717, 1.165) is 12.6 Å². The van der Waals surface area contributed by atoms with Crippen molar-refractivity contribution in [2.45, 2.75) is 26.8 Å². The van der Waals surface area contributed by atoms with Gasteiger partial charge < -0.3 is 5.32 Å². The molecule has 1 nitrogen and oxygen atoms in total. The first kappa shape index (κ1) is 12.1. The Labute approximate surface area is 89.5 Å². The van der Waals surface area contributed by atoms with E-state index in [0.29, 0.717) is 5.56 Å². The molecule has 1 atom stereocenters. The highest BCUT2D eigenvalue weighted by molar-refractivity contribution is 5.22. The Morgan fingerprint density at radius 3 is 2.40 bits per heavy atom. The first-order chi connectivity index (χ1) is 7.06. The van der Waals surface area contributed by atoms with Crippen molar-refractivity contribution < 1.29 is 8.78 Å². The maximum absolute atomic E-state index is 13.5. The van der Waals surface area contributed by atoms with Crippen LogP contribution < -0.4 is 5.32 Å². The van der Waals surface area contributed by atoms with E-state index in [1.165, 1.54) is 12.1 Å². The summed E-state index contributed by atoms with van der Waals surface area (Å²) < 4.78 is 26.2. The van der Waals surface area contributed by atoms with E-state index in [9.17, 15) is 8.78 Å². The summed E-state index contributed by atoms with van der Waals surface area (Å²) in [7, 11) is 0. The van der Waals surface area contributed by atoms with Gasteiger partial charge in [-0.25, -0.2) is 8.78 Å². The summed E-state index contributed by atoms with van der Waals surface area (Å²) in [6.07, 6.45) is 0. The van der Waals surface area contributed by atoms with Crippen molar-refractivity contribution in [2.24, 2.45) is 5.92 Å². The molecule has 0 saturated heterocycles. The predicted molar refractivity (Wildman–Crippen MR) is 57.6 cm³/mol. The van der Waals surface area contributed by atoms with Gasteiger partial charge in [-0.05, 0) is 18.5 Å². The molecule has 1 rings (SSSR count). The molecule has 0 aromatic heterocycles. The molecule has 0 bridgehead atoms. The molecule has 0 amide bonds. The molecule has 3 heteroatoms. The van der Waals surface area contributed by atoms with Crippen LogP contribution in [0.2, 0.25) is 0 Å². The summed E-state index contributed by atoms with van der Waals surface area (Å²) in [6, 6.07) is 3.68. The monoisotopic (exact) mass is 213 g/mol. The number of rotatable bonds is 4. The van der Waals surface area contributed by atoms with Crippen LogP contribution in [-0.4, -0.2) is 6.54 Å². The lowest BCUT2D eigenvalue weighted by Crippen LogP contribution is -2.26. The van der Waals surface area contributed by atoms with Crippen LogP contribution in [0, 0.1) is 17.6 Å². The molecule has 1 unspecified atom stereocenters. The second-order valence-corrected chi connectivity index (χ2v) is 3.95. The Balaban J connectivity index is 3.00. The van der Waals surface area contributed by atoms with E-state index >= 15 is 0 Å². The minimum Gasteiger partial charge on any atom is -0.310 e. The molecule has 0 radical (unpaired) electrons. The van der Waals surface area contributed by atoms with Crippen LogP contribution in [0.3, 0.4) is 0 Å². The number of benzene rings is 1. The summed E-state index contributed by atoms with van der Waals surface area (Å²) in [6.45, 7) is 6.75.